The molecular weight excluding hydrogens is 283 g/mol. The lowest BCUT2D eigenvalue weighted by Crippen LogP contribution is -1.83. The second-order valence-electron chi connectivity index (χ2n) is 0.648. The highest BCUT2D eigenvalue weighted by Crippen LogP contribution is 2.03. The Bertz CT molecular complexity index is 116. The summed E-state index contributed by atoms with van der Waals surface area (Å²) in [5.74, 6) is 0. The summed E-state index contributed by atoms with van der Waals surface area (Å²) >= 11 is 4.14. The van der Waals surface area contributed by atoms with E-state index >= 15 is 0 Å². The van der Waals surface area contributed by atoms with Gasteiger partial charge < -0.3 is 0 Å². The van der Waals surface area contributed by atoms with Crippen LogP contribution in [0.2, 0.25) is 0 Å². The Kier molecular flexibility index (Phi) is 2.94. The van der Waals surface area contributed by atoms with Crippen LogP contribution in [0.1, 0.15) is 0 Å². The third-order valence-electron chi connectivity index (χ3n) is 0.130. The standard InChI is InChI=1S/CH2BrIO2S/c2-1-6(3,4)5/h1H2. The van der Waals surface area contributed by atoms with Gasteiger partial charge in [-0.3, -0.25) is 0 Å². The van der Waals surface area contributed by atoms with Gasteiger partial charge >= 0.3 is 0 Å². The van der Waals surface area contributed by atoms with E-state index in [-0.39, 0.29) is 4.66 Å². The molecule has 0 aliphatic rings. The Balaban J connectivity index is 3.85. The zero-order valence-corrected chi connectivity index (χ0v) is 7.25. The maximum Gasteiger partial charge on any atom is 0.212 e. The molecule has 0 fully saturated rings. The summed E-state index contributed by atoms with van der Waals surface area (Å²) in [4.78, 5) is 0. The van der Waals surface area contributed by atoms with E-state index < -0.39 is 7.01 Å². The lowest BCUT2D eigenvalue weighted by atomic mass is 11.9. The minimum Gasteiger partial charge on any atom is -0.217 e. The smallest absolute Gasteiger partial charge is 0.212 e. The van der Waals surface area contributed by atoms with Crippen LogP contribution in [0.3, 0.4) is 0 Å². The molecule has 2 nitrogen and oxygen atoms in total. The predicted molar refractivity (Wildman–Crippen MR) is 36.7 cm³/mol. The molecule has 0 bridgehead atoms. The van der Waals surface area contributed by atoms with Gasteiger partial charge in [-0.1, -0.05) is 15.9 Å². The van der Waals surface area contributed by atoms with Gasteiger partial charge in [0, 0.05) is 0 Å². The molecule has 0 aliphatic heterocycles. The predicted octanol–water partition coefficient (Wildman–Crippen LogP) is 1.10. The van der Waals surface area contributed by atoms with Crippen LogP contribution in [0.5, 0.6) is 0 Å². The van der Waals surface area contributed by atoms with Crippen molar-refractivity contribution in [2.24, 2.45) is 0 Å². The third kappa shape index (κ3) is 5.16. The van der Waals surface area contributed by atoms with E-state index in [0.29, 0.717) is 0 Å². The SMILES string of the molecule is O=S(=O)(I)CBr. The van der Waals surface area contributed by atoms with E-state index in [0.717, 1.165) is 0 Å². The quantitative estimate of drug-likeness (QED) is 0.411. The van der Waals surface area contributed by atoms with Crippen LogP contribution >= 0.6 is 37.1 Å². The summed E-state index contributed by atoms with van der Waals surface area (Å²) in [6, 6.07) is 0. The molecule has 0 aromatic carbocycles. The van der Waals surface area contributed by atoms with Crippen LogP contribution in [-0.2, 0) is 7.01 Å². The monoisotopic (exact) mass is 284 g/mol. The summed E-state index contributed by atoms with van der Waals surface area (Å²) < 4.78 is 19.9. The number of alkyl halides is 1. The fourth-order valence-corrected chi connectivity index (χ4v) is 0. The molecule has 0 saturated carbocycles. The topological polar surface area (TPSA) is 34.1 Å². The maximum atomic E-state index is 9.94. The average Bonchev–Trinajstić information content (AvgIpc) is 1.35. The first-order chi connectivity index (χ1) is 2.56. The first-order valence-electron chi connectivity index (χ1n) is 1.04. The number of halogens is 2. The fraction of sp³-hybridized carbons (Fsp3) is 1.00. The number of rotatable bonds is 1. The van der Waals surface area contributed by atoms with E-state index in [9.17, 15) is 8.42 Å². The molecule has 0 rings (SSSR count). The first kappa shape index (κ1) is 7.16. The normalized spacial score (nSPS) is 11.7. The summed E-state index contributed by atoms with van der Waals surface area (Å²) in [7, 11) is -2.78. The van der Waals surface area contributed by atoms with E-state index in [1.54, 1.807) is 0 Å². The van der Waals surface area contributed by atoms with Crippen LogP contribution in [0.25, 0.3) is 0 Å². The van der Waals surface area contributed by atoms with Gasteiger partial charge in [-0.15, -0.1) is 0 Å². The number of hydrogen-bond acceptors (Lipinski definition) is 2. The highest BCUT2D eigenvalue weighted by Gasteiger charge is 1.95. The Morgan fingerprint density at radius 3 is 1.83 bits per heavy atom. The van der Waals surface area contributed by atoms with Crippen molar-refractivity contribution in [2.75, 3.05) is 4.66 Å². The molecule has 0 heterocycles. The summed E-state index contributed by atoms with van der Waals surface area (Å²) in [5.41, 5.74) is 0. The van der Waals surface area contributed by atoms with Crippen molar-refractivity contribution < 1.29 is 8.42 Å². The molecule has 0 amide bonds. The van der Waals surface area contributed by atoms with E-state index in [2.05, 4.69) is 15.9 Å². The van der Waals surface area contributed by atoms with Crippen molar-refractivity contribution in [3.63, 3.8) is 0 Å². The van der Waals surface area contributed by atoms with Crippen LogP contribution in [0.15, 0.2) is 0 Å². The molecule has 0 unspecified atom stereocenters. The summed E-state index contributed by atoms with van der Waals surface area (Å²) in [5, 5.41) is 0. The molecular formula is CH2BrIO2S. The molecule has 0 aliphatic carbocycles. The van der Waals surface area contributed by atoms with Gasteiger partial charge in [0.1, 0.15) is 4.66 Å². The number of hydrogen-bond donors (Lipinski definition) is 0. The molecule has 0 saturated heterocycles. The Labute approximate surface area is 56.9 Å². The summed E-state index contributed by atoms with van der Waals surface area (Å²) in [6.07, 6.45) is 0. The third-order valence-corrected chi connectivity index (χ3v) is 5.70. The molecule has 38 valence electrons. The van der Waals surface area contributed by atoms with Crippen LogP contribution in [0, 0.1) is 0 Å². The van der Waals surface area contributed by atoms with E-state index in [4.69, 9.17) is 0 Å². The fourth-order valence-electron chi connectivity index (χ4n) is 0. The van der Waals surface area contributed by atoms with Crippen molar-refractivity contribution in [3.8, 4) is 0 Å². The highest BCUT2D eigenvalue weighted by molar-refractivity contribution is 14.2. The van der Waals surface area contributed by atoms with Gasteiger partial charge in [0.15, 0.2) is 0 Å². The van der Waals surface area contributed by atoms with Gasteiger partial charge in [0.25, 0.3) is 0 Å². The van der Waals surface area contributed by atoms with Gasteiger partial charge in [-0.25, -0.2) is 8.42 Å². The second kappa shape index (κ2) is 2.46. The molecule has 0 radical (unpaired) electrons. The highest BCUT2D eigenvalue weighted by atomic mass is 127. The van der Waals surface area contributed by atoms with Gasteiger partial charge in [0.2, 0.25) is 7.01 Å². The van der Waals surface area contributed by atoms with Gasteiger partial charge in [-0.05, 0) is 0 Å². The Morgan fingerprint density at radius 2 is 1.83 bits per heavy atom. The molecule has 0 N–H and O–H groups in total. The van der Waals surface area contributed by atoms with Crippen molar-refractivity contribution in [1.29, 1.82) is 0 Å². The van der Waals surface area contributed by atoms with Crippen LogP contribution < -0.4 is 0 Å². The minimum absolute atomic E-state index is 0.0422. The molecule has 0 atom stereocenters. The van der Waals surface area contributed by atoms with Gasteiger partial charge in [0.05, 0.1) is 21.2 Å². The summed E-state index contributed by atoms with van der Waals surface area (Å²) in [6.45, 7) is 0. The lowest BCUT2D eigenvalue weighted by molar-refractivity contribution is 0.617. The minimum atomic E-state index is -2.78. The molecule has 0 spiro atoms. The van der Waals surface area contributed by atoms with Crippen molar-refractivity contribution in [2.45, 2.75) is 0 Å². The molecule has 5 heteroatoms. The average molecular weight is 285 g/mol. The Hall–Kier alpha value is 1.16. The maximum absolute atomic E-state index is 9.94. The zero-order valence-electron chi connectivity index (χ0n) is 2.69. The van der Waals surface area contributed by atoms with Crippen LogP contribution in [0.4, 0.5) is 0 Å². The Morgan fingerprint density at radius 1 is 1.67 bits per heavy atom. The van der Waals surface area contributed by atoms with Crippen molar-refractivity contribution in [1.82, 2.24) is 0 Å². The van der Waals surface area contributed by atoms with Crippen molar-refractivity contribution >= 4 is 44.1 Å². The zero-order chi connectivity index (χ0) is 5.21. The van der Waals surface area contributed by atoms with Crippen molar-refractivity contribution in [3.05, 3.63) is 0 Å². The van der Waals surface area contributed by atoms with Gasteiger partial charge in [-0.2, -0.15) is 0 Å². The second-order valence-corrected chi connectivity index (χ2v) is 7.34. The molecule has 6 heavy (non-hydrogen) atoms. The largest absolute Gasteiger partial charge is 0.217 e. The first-order valence-corrected chi connectivity index (χ1v) is 6.36. The van der Waals surface area contributed by atoms with E-state index in [1.807, 2.05) is 0 Å². The lowest BCUT2D eigenvalue weighted by Gasteiger charge is -1.76. The molecule has 0 aromatic rings. The van der Waals surface area contributed by atoms with Crippen LogP contribution in [-0.4, -0.2) is 13.1 Å². The molecule has 0 aromatic heterocycles. The van der Waals surface area contributed by atoms with E-state index in [1.165, 1.54) is 21.2 Å².